The van der Waals surface area contributed by atoms with Crippen LogP contribution < -0.4 is 10.6 Å². The van der Waals surface area contributed by atoms with E-state index < -0.39 is 17.6 Å². The first-order valence-electron chi connectivity index (χ1n) is 10.5. The van der Waals surface area contributed by atoms with Crippen molar-refractivity contribution in [2.24, 2.45) is 0 Å². The molecule has 10 heteroatoms. The van der Waals surface area contributed by atoms with Crippen LogP contribution in [0.3, 0.4) is 0 Å². The number of nitrogens with one attached hydrogen (secondary N) is 2. The van der Waals surface area contributed by atoms with Crippen molar-refractivity contribution in [3.8, 4) is 5.82 Å². The number of halogens is 3. The number of aromatic nitrogens is 3. The Morgan fingerprint density at radius 1 is 1.09 bits per heavy atom. The maximum atomic E-state index is 13.0. The molecule has 0 aliphatic heterocycles. The molecule has 33 heavy (non-hydrogen) atoms. The Labute approximate surface area is 188 Å². The number of amides is 2. The first-order chi connectivity index (χ1) is 15.6. The standard InChI is InChI=1S/C23H22F3N5O2/c1-13(2)20-18(12-28-31(20)19-9-6-15(11-27-19)23(24,25)26)22(33)30-17-5-3-4-14(10-17)21(32)29-16-7-8-16/h3-6,9-13,16H,7-8H2,1-2H3,(H,29,32)(H,30,33). The highest BCUT2D eigenvalue weighted by molar-refractivity contribution is 6.06. The van der Waals surface area contributed by atoms with Gasteiger partial charge in [0.25, 0.3) is 11.8 Å². The Bertz CT molecular complexity index is 1180. The van der Waals surface area contributed by atoms with Gasteiger partial charge in [-0.05, 0) is 49.1 Å². The first-order valence-corrected chi connectivity index (χ1v) is 10.5. The molecule has 0 saturated heterocycles. The van der Waals surface area contributed by atoms with Gasteiger partial charge >= 0.3 is 6.18 Å². The fourth-order valence-corrected chi connectivity index (χ4v) is 3.38. The topological polar surface area (TPSA) is 88.9 Å². The van der Waals surface area contributed by atoms with Crippen LogP contribution in [-0.2, 0) is 6.18 Å². The van der Waals surface area contributed by atoms with E-state index in [4.69, 9.17) is 0 Å². The minimum Gasteiger partial charge on any atom is -0.349 e. The number of alkyl halides is 3. The number of nitrogens with zero attached hydrogens (tertiary/aromatic N) is 3. The number of hydrogen-bond donors (Lipinski definition) is 2. The number of carbonyl (C=O) groups is 2. The molecule has 1 aliphatic carbocycles. The van der Waals surface area contributed by atoms with Crippen LogP contribution in [0.1, 0.15) is 64.6 Å². The second-order valence-electron chi connectivity index (χ2n) is 8.20. The Morgan fingerprint density at radius 2 is 1.85 bits per heavy atom. The van der Waals surface area contributed by atoms with Crippen molar-refractivity contribution < 1.29 is 22.8 Å². The van der Waals surface area contributed by atoms with Crippen molar-refractivity contribution in [1.82, 2.24) is 20.1 Å². The van der Waals surface area contributed by atoms with Crippen LogP contribution in [0.15, 0.2) is 48.8 Å². The predicted molar refractivity (Wildman–Crippen MR) is 115 cm³/mol. The lowest BCUT2D eigenvalue weighted by Crippen LogP contribution is -2.25. The molecule has 1 saturated carbocycles. The fraction of sp³-hybridized carbons (Fsp3) is 0.304. The summed E-state index contributed by atoms with van der Waals surface area (Å²) in [7, 11) is 0. The van der Waals surface area contributed by atoms with Crippen LogP contribution in [0.4, 0.5) is 18.9 Å². The molecule has 3 aromatic rings. The van der Waals surface area contributed by atoms with E-state index in [0.717, 1.165) is 25.1 Å². The molecule has 2 N–H and O–H groups in total. The molecule has 7 nitrogen and oxygen atoms in total. The van der Waals surface area contributed by atoms with Crippen molar-refractivity contribution in [2.45, 2.75) is 44.8 Å². The number of anilines is 1. The van der Waals surface area contributed by atoms with E-state index in [-0.39, 0.29) is 29.2 Å². The summed E-state index contributed by atoms with van der Waals surface area (Å²) < 4.78 is 39.9. The van der Waals surface area contributed by atoms with Gasteiger partial charge in [-0.15, -0.1) is 0 Å². The highest BCUT2D eigenvalue weighted by Gasteiger charge is 2.31. The third-order valence-corrected chi connectivity index (χ3v) is 5.19. The van der Waals surface area contributed by atoms with E-state index in [0.29, 0.717) is 16.9 Å². The lowest BCUT2D eigenvalue weighted by molar-refractivity contribution is -0.137. The van der Waals surface area contributed by atoms with Crippen molar-refractivity contribution in [3.05, 3.63) is 71.2 Å². The summed E-state index contributed by atoms with van der Waals surface area (Å²) in [5.74, 6) is -0.647. The molecule has 172 valence electrons. The molecule has 1 aliphatic rings. The number of hydrogen-bond acceptors (Lipinski definition) is 4. The zero-order valence-electron chi connectivity index (χ0n) is 18.0. The second-order valence-corrected chi connectivity index (χ2v) is 8.20. The number of rotatable bonds is 6. The Morgan fingerprint density at radius 3 is 2.45 bits per heavy atom. The van der Waals surface area contributed by atoms with Gasteiger partial charge < -0.3 is 10.6 Å². The average Bonchev–Trinajstić information content (AvgIpc) is 3.46. The number of benzene rings is 1. The third kappa shape index (κ3) is 5.05. The molecular formula is C23H22F3N5O2. The van der Waals surface area contributed by atoms with Gasteiger partial charge in [-0.2, -0.15) is 18.3 Å². The molecule has 2 amide bonds. The summed E-state index contributed by atoms with van der Waals surface area (Å²) in [6, 6.07) is 8.96. The predicted octanol–water partition coefficient (Wildman–Crippen LogP) is 4.55. The molecule has 1 aromatic carbocycles. The Kier molecular flexibility index (Phi) is 5.92. The van der Waals surface area contributed by atoms with Gasteiger partial charge in [-0.3, -0.25) is 9.59 Å². The van der Waals surface area contributed by atoms with Crippen molar-refractivity contribution in [2.75, 3.05) is 5.32 Å². The summed E-state index contributed by atoms with van der Waals surface area (Å²) in [6.07, 6.45) is -0.464. The number of carbonyl (C=O) groups excluding carboxylic acids is 2. The SMILES string of the molecule is CC(C)c1c(C(=O)Nc2cccc(C(=O)NC3CC3)c2)cnn1-c1ccc(C(F)(F)F)cn1. The van der Waals surface area contributed by atoms with Gasteiger partial charge in [0, 0.05) is 23.5 Å². The van der Waals surface area contributed by atoms with Crippen LogP contribution in [-0.4, -0.2) is 32.6 Å². The summed E-state index contributed by atoms with van der Waals surface area (Å²) in [5, 5.41) is 9.86. The first kappa shape index (κ1) is 22.5. The highest BCUT2D eigenvalue weighted by atomic mass is 19.4. The van der Waals surface area contributed by atoms with E-state index in [1.54, 1.807) is 24.3 Å². The minimum absolute atomic E-state index is 0.171. The molecule has 0 radical (unpaired) electrons. The second kappa shape index (κ2) is 8.68. The quantitative estimate of drug-likeness (QED) is 0.568. The van der Waals surface area contributed by atoms with Crippen LogP contribution in [0.5, 0.6) is 0 Å². The molecule has 4 rings (SSSR count). The molecular weight excluding hydrogens is 435 g/mol. The molecule has 2 heterocycles. The maximum Gasteiger partial charge on any atom is 0.417 e. The highest BCUT2D eigenvalue weighted by Crippen LogP contribution is 2.30. The van der Waals surface area contributed by atoms with Crippen LogP contribution >= 0.6 is 0 Å². The van der Waals surface area contributed by atoms with Gasteiger partial charge in [0.15, 0.2) is 5.82 Å². The summed E-state index contributed by atoms with van der Waals surface area (Å²) in [5.41, 5.74) is 0.780. The lowest BCUT2D eigenvalue weighted by Gasteiger charge is -2.13. The van der Waals surface area contributed by atoms with E-state index in [1.807, 2.05) is 13.8 Å². The van der Waals surface area contributed by atoms with Crippen molar-refractivity contribution in [1.29, 1.82) is 0 Å². The van der Waals surface area contributed by atoms with E-state index in [2.05, 4.69) is 20.7 Å². The van der Waals surface area contributed by atoms with Crippen LogP contribution in [0, 0.1) is 0 Å². The molecule has 0 spiro atoms. The van der Waals surface area contributed by atoms with Gasteiger partial charge in [0.05, 0.1) is 23.0 Å². The van der Waals surface area contributed by atoms with E-state index >= 15 is 0 Å². The van der Waals surface area contributed by atoms with Gasteiger partial charge in [0.1, 0.15) is 0 Å². The Hall–Kier alpha value is -3.69. The smallest absolute Gasteiger partial charge is 0.349 e. The van der Waals surface area contributed by atoms with E-state index in [1.165, 1.54) is 16.9 Å². The van der Waals surface area contributed by atoms with Gasteiger partial charge in [0.2, 0.25) is 0 Å². The maximum absolute atomic E-state index is 13.0. The van der Waals surface area contributed by atoms with Crippen molar-refractivity contribution >= 4 is 17.5 Å². The van der Waals surface area contributed by atoms with Gasteiger partial charge in [-0.1, -0.05) is 19.9 Å². The van der Waals surface area contributed by atoms with Crippen molar-refractivity contribution in [3.63, 3.8) is 0 Å². The summed E-state index contributed by atoms with van der Waals surface area (Å²) >= 11 is 0. The lowest BCUT2D eigenvalue weighted by atomic mass is 10.0. The zero-order valence-corrected chi connectivity index (χ0v) is 18.0. The molecule has 1 fully saturated rings. The van der Waals surface area contributed by atoms with E-state index in [9.17, 15) is 22.8 Å². The third-order valence-electron chi connectivity index (χ3n) is 5.19. The monoisotopic (exact) mass is 457 g/mol. The fourth-order valence-electron chi connectivity index (χ4n) is 3.38. The molecule has 0 bridgehead atoms. The molecule has 2 aromatic heterocycles. The largest absolute Gasteiger partial charge is 0.417 e. The zero-order chi connectivity index (χ0) is 23.8. The summed E-state index contributed by atoms with van der Waals surface area (Å²) in [6.45, 7) is 3.69. The normalized spacial score (nSPS) is 13.8. The molecule has 0 atom stereocenters. The average molecular weight is 457 g/mol. The van der Waals surface area contributed by atoms with Gasteiger partial charge in [-0.25, -0.2) is 9.67 Å². The number of pyridine rings is 1. The Balaban J connectivity index is 1.57. The minimum atomic E-state index is -4.49. The van der Waals surface area contributed by atoms with Crippen LogP contribution in [0.25, 0.3) is 5.82 Å². The summed E-state index contributed by atoms with van der Waals surface area (Å²) in [4.78, 5) is 29.2. The van der Waals surface area contributed by atoms with Crippen LogP contribution in [0.2, 0.25) is 0 Å². The molecule has 0 unspecified atom stereocenters.